The van der Waals surface area contributed by atoms with Crippen LogP contribution >= 0.6 is 0 Å². The number of hydrogen-bond donors (Lipinski definition) is 2. The number of carboxylic acids is 1. The van der Waals surface area contributed by atoms with E-state index in [4.69, 9.17) is 4.52 Å². The van der Waals surface area contributed by atoms with Crippen LogP contribution in [-0.2, 0) is 11.2 Å². The van der Waals surface area contributed by atoms with Gasteiger partial charge in [0.2, 0.25) is 5.92 Å². The molecule has 1 fully saturated rings. The molecule has 1 amide bonds. The number of aryl methyl sites for hydroxylation is 1. The molecule has 1 heterocycles. The Morgan fingerprint density at radius 2 is 2.32 bits per heavy atom. The number of aliphatic carboxylic acids is 1. The molecule has 1 aromatic heterocycles. The standard InChI is InChI=1S/C14H18F2N2O4/c1-2-10-9(7-22-18-10)12(19)17-11(13(20)21)8-4-3-5-14(15,16)6-8/h7-8,11H,2-6H2,1H3,(H,17,19)(H,20,21). The van der Waals surface area contributed by atoms with Crippen molar-refractivity contribution in [2.45, 2.75) is 51.0 Å². The second-order valence-electron chi connectivity index (χ2n) is 5.53. The summed E-state index contributed by atoms with van der Waals surface area (Å²) in [6.07, 6.45) is 1.38. The minimum Gasteiger partial charge on any atom is -0.480 e. The number of hydrogen-bond acceptors (Lipinski definition) is 4. The number of carbonyl (C=O) groups excluding carboxylic acids is 1. The summed E-state index contributed by atoms with van der Waals surface area (Å²) in [5.74, 6) is -5.66. The summed E-state index contributed by atoms with van der Waals surface area (Å²) < 4.78 is 31.7. The number of amides is 1. The Bertz CT molecular complexity index is 559. The van der Waals surface area contributed by atoms with Crippen LogP contribution in [0.5, 0.6) is 0 Å². The van der Waals surface area contributed by atoms with Crippen molar-refractivity contribution >= 4 is 11.9 Å². The highest BCUT2D eigenvalue weighted by molar-refractivity contribution is 5.97. The fourth-order valence-electron chi connectivity index (χ4n) is 2.79. The topological polar surface area (TPSA) is 92.4 Å². The molecule has 8 heteroatoms. The van der Waals surface area contributed by atoms with Crippen molar-refractivity contribution in [1.29, 1.82) is 0 Å². The van der Waals surface area contributed by atoms with Crippen molar-refractivity contribution in [3.63, 3.8) is 0 Å². The molecule has 1 saturated carbocycles. The van der Waals surface area contributed by atoms with Crippen LogP contribution in [0.15, 0.2) is 10.8 Å². The molecule has 22 heavy (non-hydrogen) atoms. The maximum Gasteiger partial charge on any atom is 0.326 e. The summed E-state index contributed by atoms with van der Waals surface area (Å²) in [4.78, 5) is 23.5. The predicted octanol–water partition coefficient (Wildman–Crippen LogP) is 2.25. The summed E-state index contributed by atoms with van der Waals surface area (Å²) in [5, 5.41) is 15.2. The molecule has 2 atom stereocenters. The number of halogens is 2. The van der Waals surface area contributed by atoms with Crippen LogP contribution in [0, 0.1) is 5.92 Å². The van der Waals surface area contributed by atoms with Gasteiger partial charge in [-0.2, -0.15) is 0 Å². The predicted molar refractivity (Wildman–Crippen MR) is 71.7 cm³/mol. The van der Waals surface area contributed by atoms with Gasteiger partial charge in [-0.3, -0.25) is 4.79 Å². The molecule has 122 valence electrons. The van der Waals surface area contributed by atoms with E-state index >= 15 is 0 Å². The normalized spacial score (nSPS) is 22.0. The number of carboxylic acid groups (broad SMARTS) is 1. The minimum atomic E-state index is -2.88. The monoisotopic (exact) mass is 316 g/mol. The molecule has 0 bridgehead atoms. The summed E-state index contributed by atoms with van der Waals surface area (Å²) in [7, 11) is 0. The number of rotatable bonds is 5. The van der Waals surface area contributed by atoms with Gasteiger partial charge in [-0.1, -0.05) is 12.1 Å². The first kappa shape index (κ1) is 16.4. The Labute approximate surface area is 125 Å². The Kier molecular flexibility index (Phi) is 4.77. The van der Waals surface area contributed by atoms with Crippen molar-refractivity contribution in [1.82, 2.24) is 10.5 Å². The van der Waals surface area contributed by atoms with Crippen LogP contribution in [0.3, 0.4) is 0 Å². The van der Waals surface area contributed by atoms with E-state index in [1.807, 2.05) is 0 Å². The zero-order valence-electron chi connectivity index (χ0n) is 12.1. The third-order valence-electron chi connectivity index (χ3n) is 3.93. The second kappa shape index (κ2) is 6.41. The van der Waals surface area contributed by atoms with Crippen molar-refractivity contribution in [3.8, 4) is 0 Å². The zero-order valence-corrected chi connectivity index (χ0v) is 12.1. The lowest BCUT2D eigenvalue weighted by atomic mass is 9.81. The highest BCUT2D eigenvalue weighted by atomic mass is 19.3. The maximum absolute atomic E-state index is 13.5. The van der Waals surface area contributed by atoms with Gasteiger partial charge >= 0.3 is 5.97 Å². The number of nitrogens with one attached hydrogen (secondary N) is 1. The van der Waals surface area contributed by atoms with Gasteiger partial charge in [0.15, 0.2) is 0 Å². The van der Waals surface area contributed by atoms with Crippen molar-refractivity contribution in [2.24, 2.45) is 5.92 Å². The zero-order chi connectivity index (χ0) is 16.3. The maximum atomic E-state index is 13.5. The van der Waals surface area contributed by atoms with Gasteiger partial charge in [0.1, 0.15) is 17.9 Å². The van der Waals surface area contributed by atoms with E-state index in [1.165, 1.54) is 0 Å². The third kappa shape index (κ3) is 3.61. The molecular weight excluding hydrogens is 298 g/mol. The average Bonchev–Trinajstić information content (AvgIpc) is 2.91. The number of alkyl halides is 2. The second-order valence-corrected chi connectivity index (χ2v) is 5.53. The minimum absolute atomic E-state index is 0.135. The molecule has 2 unspecified atom stereocenters. The summed E-state index contributed by atoms with van der Waals surface area (Å²) in [6.45, 7) is 1.77. The van der Waals surface area contributed by atoms with Crippen LogP contribution in [0.1, 0.15) is 48.7 Å². The number of nitrogens with zero attached hydrogens (tertiary/aromatic N) is 1. The van der Waals surface area contributed by atoms with Gasteiger partial charge in [-0.25, -0.2) is 13.6 Å². The Morgan fingerprint density at radius 3 is 2.91 bits per heavy atom. The fraction of sp³-hybridized carbons (Fsp3) is 0.643. The van der Waals surface area contributed by atoms with Crippen LogP contribution in [0.4, 0.5) is 8.78 Å². The highest BCUT2D eigenvalue weighted by Gasteiger charge is 2.42. The molecule has 0 radical (unpaired) electrons. The Balaban J connectivity index is 2.12. The van der Waals surface area contributed by atoms with Crippen LogP contribution in [0.25, 0.3) is 0 Å². The summed E-state index contributed by atoms with van der Waals surface area (Å²) in [5.41, 5.74) is 0.534. The first-order chi connectivity index (χ1) is 10.3. The van der Waals surface area contributed by atoms with Crippen LogP contribution in [0.2, 0.25) is 0 Å². The Hall–Kier alpha value is -1.99. The molecule has 1 aliphatic carbocycles. The van der Waals surface area contributed by atoms with E-state index in [1.54, 1.807) is 6.92 Å². The van der Waals surface area contributed by atoms with Crippen molar-refractivity contribution < 1.29 is 28.0 Å². The highest BCUT2D eigenvalue weighted by Crippen LogP contribution is 2.38. The fourth-order valence-corrected chi connectivity index (χ4v) is 2.79. The van der Waals surface area contributed by atoms with E-state index in [0.717, 1.165) is 6.26 Å². The molecule has 2 rings (SSSR count). The lowest BCUT2D eigenvalue weighted by molar-refractivity contribution is -0.142. The van der Waals surface area contributed by atoms with Gasteiger partial charge < -0.3 is 14.9 Å². The molecule has 1 aliphatic rings. The van der Waals surface area contributed by atoms with Crippen LogP contribution < -0.4 is 5.32 Å². The molecule has 0 saturated heterocycles. The molecule has 0 spiro atoms. The van der Waals surface area contributed by atoms with E-state index < -0.39 is 36.2 Å². The summed E-state index contributed by atoms with van der Waals surface area (Å²) in [6, 6.07) is -1.35. The van der Waals surface area contributed by atoms with Crippen molar-refractivity contribution in [3.05, 3.63) is 17.5 Å². The molecule has 2 N–H and O–H groups in total. The smallest absolute Gasteiger partial charge is 0.326 e. The average molecular weight is 316 g/mol. The van der Waals surface area contributed by atoms with Gasteiger partial charge in [-0.05, 0) is 25.2 Å². The molecule has 0 aromatic carbocycles. The molecule has 0 aliphatic heterocycles. The van der Waals surface area contributed by atoms with Crippen LogP contribution in [-0.4, -0.2) is 34.1 Å². The first-order valence-corrected chi connectivity index (χ1v) is 7.19. The quantitative estimate of drug-likeness (QED) is 0.869. The number of carbonyl (C=O) groups is 2. The van der Waals surface area contributed by atoms with Gasteiger partial charge in [-0.15, -0.1) is 0 Å². The van der Waals surface area contributed by atoms with Gasteiger partial charge in [0.25, 0.3) is 5.91 Å². The van der Waals surface area contributed by atoms with E-state index in [-0.39, 0.29) is 18.4 Å². The lowest BCUT2D eigenvalue weighted by Crippen LogP contribution is -2.48. The lowest BCUT2D eigenvalue weighted by Gasteiger charge is -2.32. The van der Waals surface area contributed by atoms with Gasteiger partial charge in [0.05, 0.1) is 5.69 Å². The van der Waals surface area contributed by atoms with E-state index in [0.29, 0.717) is 18.5 Å². The largest absolute Gasteiger partial charge is 0.480 e. The molecule has 6 nitrogen and oxygen atoms in total. The van der Waals surface area contributed by atoms with Crippen molar-refractivity contribution in [2.75, 3.05) is 0 Å². The SMILES string of the molecule is CCc1nocc1C(=O)NC(C(=O)O)C1CCCC(F)(F)C1. The Morgan fingerprint density at radius 1 is 1.59 bits per heavy atom. The van der Waals surface area contributed by atoms with E-state index in [9.17, 15) is 23.5 Å². The molecule has 1 aromatic rings. The molecular formula is C14H18F2N2O4. The number of aromatic nitrogens is 1. The first-order valence-electron chi connectivity index (χ1n) is 7.19. The van der Waals surface area contributed by atoms with E-state index in [2.05, 4.69) is 10.5 Å². The third-order valence-corrected chi connectivity index (χ3v) is 3.93. The summed E-state index contributed by atoms with van der Waals surface area (Å²) >= 11 is 0. The van der Waals surface area contributed by atoms with Gasteiger partial charge in [0, 0.05) is 12.8 Å².